The summed E-state index contributed by atoms with van der Waals surface area (Å²) in [5.41, 5.74) is 4.70. The lowest BCUT2D eigenvalue weighted by Crippen LogP contribution is -2.49. The molecule has 5 nitrogen and oxygen atoms in total. The van der Waals surface area contributed by atoms with Gasteiger partial charge in [0.2, 0.25) is 0 Å². The van der Waals surface area contributed by atoms with Gasteiger partial charge in [-0.05, 0) is 60.2 Å². The summed E-state index contributed by atoms with van der Waals surface area (Å²) in [6.07, 6.45) is 5.05. The molecule has 2 amide bonds. The maximum atomic E-state index is 13.1. The van der Waals surface area contributed by atoms with Gasteiger partial charge < -0.3 is 15.0 Å². The fraction of sp³-hybridized carbons (Fsp3) is 0.367. The van der Waals surface area contributed by atoms with Gasteiger partial charge in [-0.25, -0.2) is 4.79 Å². The molecule has 0 aliphatic carbocycles. The molecule has 3 aromatic carbocycles. The molecule has 2 heterocycles. The van der Waals surface area contributed by atoms with Crippen LogP contribution in [0, 0.1) is 0 Å². The van der Waals surface area contributed by atoms with Crippen LogP contribution in [0.2, 0.25) is 0 Å². The van der Waals surface area contributed by atoms with Crippen molar-refractivity contribution in [1.29, 1.82) is 0 Å². The van der Waals surface area contributed by atoms with Crippen LogP contribution in [0.1, 0.15) is 49.3 Å². The second-order valence-electron chi connectivity index (χ2n) is 9.68. The molecule has 0 aromatic heterocycles. The molecule has 3 aromatic rings. The Kier molecular flexibility index (Phi) is 7.34. The molecule has 2 aliphatic rings. The lowest BCUT2D eigenvalue weighted by molar-refractivity contribution is 0.122. The van der Waals surface area contributed by atoms with E-state index >= 15 is 0 Å². The standard InChI is InChI=1S/C30H35N3O2/c1-2-3-17-33(30(34)31-26-10-5-4-6-11-26)27-15-18-32(19-16-27)22-23-13-14-29-25(20-23)21-24-9-7-8-12-28(24)35-29/h4-14,20,27H,2-3,15-19,21-22H2,1H3,(H,31,34). The Balaban J connectivity index is 1.18. The lowest BCUT2D eigenvalue weighted by Gasteiger charge is -2.38. The number of amides is 2. The number of benzene rings is 3. The van der Waals surface area contributed by atoms with Crippen LogP contribution in [0.5, 0.6) is 11.5 Å². The molecule has 35 heavy (non-hydrogen) atoms. The van der Waals surface area contributed by atoms with Crippen molar-refractivity contribution < 1.29 is 9.53 Å². The highest BCUT2D eigenvalue weighted by atomic mass is 16.5. The van der Waals surface area contributed by atoms with Gasteiger partial charge in [-0.3, -0.25) is 4.90 Å². The number of nitrogens with zero attached hydrogens (tertiary/aromatic N) is 2. The van der Waals surface area contributed by atoms with Crippen LogP contribution in [-0.2, 0) is 13.0 Å². The van der Waals surface area contributed by atoms with E-state index in [9.17, 15) is 4.79 Å². The van der Waals surface area contributed by atoms with Crippen LogP contribution in [-0.4, -0.2) is 41.5 Å². The molecule has 0 atom stereocenters. The number of carbonyl (C=O) groups excluding carboxylic acids is 1. The molecule has 0 radical (unpaired) electrons. The van der Waals surface area contributed by atoms with E-state index in [1.54, 1.807) is 0 Å². The Morgan fingerprint density at radius 2 is 1.71 bits per heavy atom. The molecule has 0 saturated carbocycles. The van der Waals surface area contributed by atoms with Crippen molar-refractivity contribution >= 4 is 11.7 Å². The topological polar surface area (TPSA) is 44.8 Å². The van der Waals surface area contributed by atoms with Crippen molar-refractivity contribution in [3.05, 3.63) is 89.5 Å². The third-order valence-corrected chi connectivity index (χ3v) is 7.14. The molecule has 1 N–H and O–H groups in total. The summed E-state index contributed by atoms with van der Waals surface area (Å²) in [7, 11) is 0. The number of hydrogen-bond acceptors (Lipinski definition) is 3. The van der Waals surface area contributed by atoms with Gasteiger partial charge in [-0.2, -0.15) is 0 Å². The number of likely N-dealkylation sites (tertiary alicyclic amines) is 1. The van der Waals surface area contributed by atoms with Gasteiger partial charge in [-0.1, -0.05) is 61.9 Å². The minimum Gasteiger partial charge on any atom is -0.457 e. The fourth-order valence-corrected chi connectivity index (χ4v) is 5.18. The van der Waals surface area contributed by atoms with E-state index in [1.165, 1.54) is 16.7 Å². The molecule has 5 rings (SSSR count). The van der Waals surface area contributed by atoms with Crippen molar-refractivity contribution in [2.75, 3.05) is 25.0 Å². The Morgan fingerprint density at radius 1 is 0.971 bits per heavy atom. The van der Waals surface area contributed by atoms with Gasteiger partial charge in [0, 0.05) is 44.3 Å². The number of nitrogens with one attached hydrogen (secondary N) is 1. The number of carbonyl (C=O) groups is 1. The number of piperidine rings is 1. The van der Waals surface area contributed by atoms with Gasteiger partial charge >= 0.3 is 6.03 Å². The van der Waals surface area contributed by atoms with Crippen LogP contribution in [0.25, 0.3) is 0 Å². The first-order chi connectivity index (χ1) is 17.2. The number of para-hydroxylation sites is 2. The number of unbranched alkanes of at least 4 members (excludes halogenated alkanes) is 1. The second kappa shape index (κ2) is 11.0. The molecule has 182 valence electrons. The average molecular weight is 470 g/mol. The van der Waals surface area contributed by atoms with Gasteiger partial charge in [-0.15, -0.1) is 0 Å². The van der Waals surface area contributed by atoms with E-state index in [2.05, 4.69) is 52.4 Å². The van der Waals surface area contributed by atoms with E-state index < -0.39 is 0 Å². The first-order valence-electron chi connectivity index (χ1n) is 12.9. The van der Waals surface area contributed by atoms with Crippen LogP contribution in [0.15, 0.2) is 72.8 Å². The molecule has 0 spiro atoms. The third kappa shape index (κ3) is 5.68. The molecule has 5 heteroatoms. The van der Waals surface area contributed by atoms with E-state index in [0.717, 1.165) is 75.5 Å². The van der Waals surface area contributed by atoms with Gasteiger partial charge in [0.1, 0.15) is 11.5 Å². The SMILES string of the molecule is CCCCN(C(=O)Nc1ccccc1)C1CCN(Cc2ccc3c(c2)Cc2ccccc2O3)CC1. The van der Waals surface area contributed by atoms with Crippen molar-refractivity contribution in [2.45, 2.75) is 51.6 Å². The maximum Gasteiger partial charge on any atom is 0.322 e. The zero-order chi connectivity index (χ0) is 24.0. The maximum absolute atomic E-state index is 13.1. The zero-order valence-corrected chi connectivity index (χ0v) is 20.6. The first kappa shape index (κ1) is 23.4. The molecule has 1 fully saturated rings. The smallest absolute Gasteiger partial charge is 0.322 e. The predicted molar refractivity (Wildman–Crippen MR) is 141 cm³/mol. The van der Waals surface area contributed by atoms with Crippen LogP contribution in [0.3, 0.4) is 0 Å². The zero-order valence-electron chi connectivity index (χ0n) is 20.6. The van der Waals surface area contributed by atoms with Gasteiger partial charge in [0.15, 0.2) is 0 Å². The quantitative estimate of drug-likeness (QED) is 0.328. The highest BCUT2D eigenvalue weighted by molar-refractivity contribution is 5.89. The summed E-state index contributed by atoms with van der Waals surface area (Å²) < 4.78 is 6.10. The monoisotopic (exact) mass is 469 g/mol. The number of hydrogen-bond donors (Lipinski definition) is 1. The summed E-state index contributed by atoms with van der Waals surface area (Å²) in [6.45, 7) is 5.93. The van der Waals surface area contributed by atoms with Crippen molar-refractivity contribution in [3.63, 3.8) is 0 Å². The van der Waals surface area contributed by atoms with E-state index in [1.807, 2.05) is 42.5 Å². The summed E-state index contributed by atoms with van der Waals surface area (Å²) in [4.78, 5) is 17.7. The highest BCUT2D eigenvalue weighted by Gasteiger charge is 2.28. The van der Waals surface area contributed by atoms with E-state index in [0.29, 0.717) is 0 Å². The predicted octanol–water partition coefficient (Wildman–Crippen LogP) is 6.68. The molecule has 2 aliphatic heterocycles. The number of anilines is 1. The van der Waals surface area contributed by atoms with Crippen molar-refractivity contribution in [3.8, 4) is 11.5 Å². The second-order valence-corrected chi connectivity index (χ2v) is 9.68. The van der Waals surface area contributed by atoms with Crippen molar-refractivity contribution in [2.24, 2.45) is 0 Å². The Bertz CT molecular complexity index is 1140. The van der Waals surface area contributed by atoms with Crippen LogP contribution < -0.4 is 10.1 Å². The molecule has 1 saturated heterocycles. The van der Waals surface area contributed by atoms with Gasteiger partial charge in [0.25, 0.3) is 0 Å². The molecule has 0 bridgehead atoms. The Morgan fingerprint density at radius 3 is 2.51 bits per heavy atom. The normalized spacial score (nSPS) is 15.6. The van der Waals surface area contributed by atoms with Crippen LogP contribution >= 0.6 is 0 Å². The van der Waals surface area contributed by atoms with E-state index in [-0.39, 0.29) is 12.1 Å². The van der Waals surface area contributed by atoms with Gasteiger partial charge in [0.05, 0.1) is 0 Å². The summed E-state index contributed by atoms with van der Waals surface area (Å²) in [6, 6.07) is 25.0. The fourth-order valence-electron chi connectivity index (χ4n) is 5.18. The van der Waals surface area contributed by atoms with Crippen molar-refractivity contribution in [1.82, 2.24) is 9.80 Å². The number of ether oxygens (including phenoxy) is 1. The molecular weight excluding hydrogens is 434 g/mol. The average Bonchev–Trinajstić information content (AvgIpc) is 2.89. The highest BCUT2D eigenvalue weighted by Crippen LogP contribution is 2.36. The van der Waals surface area contributed by atoms with E-state index in [4.69, 9.17) is 4.74 Å². The Hall–Kier alpha value is -3.31. The summed E-state index contributed by atoms with van der Waals surface area (Å²) in [5.74, 6) is 1.95. The number of urea groups is 1. The summed E-state index contributed by atoms with van der Waals surface area (Å²) >= 11 is 0. The lowest BCUT2D eigenvalue weighted by atomic mass is 9.97. The molecule has 0 unspecified atom stereocenters. The number of rotatable bonds is 7. The molecular formula is C30H35N3O2. The number of fused-ring (bicyclic) bond motifs is 2. The Labute approximate surface area is 208 Å². The third-order valence-electron chi connectivity index (χ3n) is 7.14. The first-order valence-corrected chi connectivity index (χ1v) is 12.9. The van der Waals surface area contributed by atoms with Crippen LogP contribution in [0.4, 0.5) is 10.5 Å². The minimum atomic E-state index is 0.0260. The minimum absolute atomic E-state index is 0.0260. The summed E-state index contributed by atoms with van der Waals surface area (Å²) in [5, 5.41) is 3.10. The largest absolute Gasteiger partial charge is 0.457 e.